The van der Waals surface area contributed by atoms with Gasteiger partial charge in [-0.1, -0.05) is 36.4 Å². The number of nitrogens with one attached hydrogen (secondary N) is 3. The Balaban J connectivity index is 0.000000144. The number of esters is 3. The molecular weight excluding hydrogens is 1150 g/mol. The number of hydrogen-bond donors (Lipinski definition) is 3. The van der Waals surface area contributed by atoms with Gasteiger partial charge in [0.15, 0.2) is 17.3 Å². The van der Waals surface area contributed by atoms with Crippen molar-refractivity contribution in [1.82, 2.24) is 44.3 Å². The van der Waals surface area contributed by atoms with Gasteiger partial charge in [0.25, 0.3) is 0 Å². The Hall–Kier alpha value is -10.9. The SMILES string of the molecule is COC(=O)c1cc(F)cc2c1C(=O)C(c1ncnn1C)C(c1ccc(F)cc1)N2.COC(=O)c1cc(F)cc2c1C(=O)[C@@H](c1ncnn1C)[C@H](c1ccc(F)cc1)N2.COC(=O)c1cc(F)cc2c1C(=O)[C@H](c1ncnn1C)[C@@H](c1ccc(F)cc1)N2. The Labute approximate surface area is 489 Å². The van der Waals surface area contributed by atoms with Crippen LogP contribution >= 0.6 is 0 Å². The minimum absolute atomic E-state index is 0.0182. The number of methoxy groups -OCH3 is 3. The lowest BCUT2D eigenvalue weighted by atomic mass is 9.80. The zero-order valence-electron chi connectivity index (χ0n) is 46.6. The Morgan fingerprint density at radius 1 is 0.391 bits per heavy atom. The van der Waals surface area contributed by atoms with Gasteiger partial charge in [0, 0.05) is 38.2 Å². The van der Waals surface area contributed by atoms with E-state index < -0.39 is 106 Å². The third-order valence-electron chi connectivity index (χ3n) is 14.8. The van der Waals surface area contributed by atoms with E-state index in [0.717, 1.165) is 57.7 Å². The fourth-order valence-corrected chi connectivity index (χ4v) is 10.8. The summed E-state index contributed by atoms with van der Waals surface area (Å²) < 4.78 is 101. The van der Waals surface area contributed by atoms with Gasteiger partial charge >= 0.3 is 17.9 Å². The van der Waals surface area contributed by atoms with E-state index in [2.05, 4.69) is 46.2 Å². The van der Waals surface area contributed by atoms with Crippen LogP contribution in [0.25, 0.3) is 0 Å². The largest absolute Gasteiger partial charge is 0.465 e. The first kappa shape index (κ1) is 59.3. The van der Waals surface area contributed by atoms with Gasteiger partial charge in [-0.3, -0.25) is 28.4 Å². The van der Waals surface area contributed by atoms with E-state index in [1.807, 2.05) is 0 Å². The van der Waals surface area contributed by atoms with Gasteiger partial charge in [-0.2, -0.15) is 15.3 Å². The highest BCUT2D eigenvalue weighted by molar-refractivity contribution is 6.16. The second kappa shape index (κ2) is 24.4. The van der Waals surface area contributed by atoms with Gasteiger partial charge in [-0.05, 0) is 89.5 Å². The van der Waals surface area contributed by atoms with Gasteiger partial charge in [0.05, 0.1) is 72.8 Å². The number of benzene rings is 6. The van der Waals surface area contributed by atoms with Gasteiger partial charge in [0.1, 0.15) is 89.1 Å². The molecule has 6 heterocycles. The number of ketones is 3. The van der Waals surface area contributed by atoms with E-state index in [4.69, 9.17) is 14.2 Å². The average molecular weight is 1200 g/mol. The minimum Gasteiger partial charge on any atom is -0.465 e. The Bertz CT molecular complexity index is 3760. The standard InChI is InChI=1S/3C20H16F2N4O3/c3*1-26-19(23-9-24-26)16-17(10-3-5-11(21)6-4-10)25-14-8-12(22)7-13(20(28)29-2)15(14)18(16)27/h3*3-9,16-17,25H,1-2H3/t2*16-,17-;/m10./s1. The summed E-state index contributed by atoms with van der Waals surface area (Å²) in [6.07, 6.45) is 3.93. The Morgan fingerprint density at radius 2 is 0.632 bits per heavy atom. The quantitative estimate of drug-likeness (QED) is 0.0691. The second-order valence-corrected chi connectivity index (χ2v) is 19.9. The molecule has 0 bridgehead atoms. The third kappa shape index (κ3) is 11.5. The van der Waals surface area contributed by atoms with E-state index in [1.165, 1.54) is 106 Å². The van der Waals surface area contributed by atoms with Crippen molar-refractivity contribution in [3.63, 3.8) is 0 Å². The molecule has 3 aromatic heterocycles. The van der Waals surface area contributed by atoms with E-state index in [0.29, 0.717) is 34.2 Å². The van der Waals surface area contributed by atoms with Crippen LogP contribution in [0.3, 0.4) is 0 Å². The molecule has 87 heavy (non-hydrogen) atoms. The number of carbonyl (C=O) groups excluding carboxylic acids is 6. The molecule has 6 atom stereocenters. The van der Waals surface area contributed by atoms with E-state index in [-0.39, 0.29) is 50.4 Å². The maximum Gasteiger partial charge on any atom is 0.338 e. The molecule has 0 aliphatic carbocycles. The fraction of sp³-hybridized carbons (Fsp3) is 0.200. The van der Waals surface area contributed by atoms with Crippen LogP contribution in [0.1, 0.15) is 132 Å². The smallest absolute Gasteiger partial charge is 0.338 e. The number of anilines is 3. The van der Waals surface area contributed by atoms with Crippen LogP contribution in [0.4, 0.5) is 43.4 Å². The van der Waals surface area contributed by atoms with Gasteiger partial charge in [0.2, 0.25) is 0 Å². The van der Waals surface area contributed by atoms with Crippen molar-refractivity contribution < 1.29 is 69.3 Å². The number of fused-ring (bicyclic) bond motifs is 3. The van der Waals surface area contributed by atoms with E-state index in [9.17, 15) is 55.1 Å². The average Bonchev–Trinajstić information content (AvgIpc) is 1.55. The molecule has 444 valence electrons. The number of carbonyl (C=O) groups is 6. The lowest BCUT2D eigenvalue weighted by molar-refractivity contribution is 0.0588. The molecular formula is C60H48F6N12O9. The number of aryl methyl sites for hydroxylation is 3. The fourth-order valence-electron chi connectivity index (χ4n) is 10.8. The molecule has 0 fully saturated rings. The lowest BCUT2D eigenvalue weighted by Gasteiger charge is -2.34. The van der Waals surface area contributed by atoms with Crippen molar-refractivity contribution in [2.24, 2.45) is 21.1 Å². The summed E-state index contributed by atoms with van der Waals surface area (Å²) in [5, 5.41) is 21.4. The zero-order chi connectivity index (χ0) is 62.1. The molecule has 0 spiro atoms. The number of hydrogen-bond acceptors (Lipinski definition) is 18. The maximum absolute atomic E-state index is 14.2. The van der Waals surface area contributed by atoms with Crippen LogP contribution in [-0.4, -0.2) is 101 Å². The Kier molecular flexibility index (Phi) is 16.6. The highest BCUT2D eigenvalue weighted by Gasteiger charge is 2.46. The zero-order valence-corrected chi connectivity index (χ0v) is 46.6. The number of halogens is 6. The molecule has 2 unspecified atom stereocenters. The van der Waals surface area contributed by atoms with E-state index >= 15 is 0 Å². The number of aromatic nitrogens is 9. The summed E-state index contributed by atoms with van der Waals surface area (Å²) in [6.45, 7) is 0. The van der Waals surface area contributed by atoms with Crippen molar-refractivity contribution in [1.29, 1.82) is 0 Å². The van der Waals surface area contributed by atoms with Crippen molar-refractivity contribution in [2.45, 2.75) is 35.9 Å². The number of nitrogens with zero attached hydrogens (tertiary/aromatic N) is 9. The van der Waals surface area contributed by atoms with Crippen molar-refractivity contribution >= 4 is 52.3 Å². The molecule has 0 saturated carbocycles. The molecule has 0 radical (unpaired) electrons. The molecule has 12 rings (SSSR count). The van der Waals surface area contributed by atoms with Crippen LogP contribution in [0, 0.1) is 34.9 Å². The van der Waals surface area contributed by atoms with Gasteiger partial charge in [-0.25, -0.2) is 55.7 Å². The molecule has 21 nitrogen and oxygen atoms in total. The monoisotopic (exact) mass is 1190 g/mol. The topological polar surface area (TPSA) is 258 Å². The van der Waals surface area contributed by atoms with Crippen LogP contribution in [0.15, 0.2) is 128 Å². The van der Waals surface area contributed by atoms with Crippen molar-refractivity contribution in [3.8, 4) is 0 Å². The normalized spacial score (nSPS) is 18.1. The molecule has 6 aromatic carbocycles. The van der Waals surface area contributed by atoms with Gasteiger partial charge < -0.3 is 30.2 Å². The second-order valence-electron chi connectivity index (χ2n) is 19.9. The molecule has 9 aromatic rings. The first-order valence-electron chi connectivity index (χ1n) is 26.2. The summed E-state index contributed by atoms with van der Waals surface area (Å²) in [4.78, 5) is 89.8. The van der Waals surface area contributed by atoms with Crippen molar-refractivity contribution in [2.75, 3.05) is 37.3 Å². The Morgan fingerprint density at radius 3 is 0.839 bits per heavy atom. The maximum atomic E-state index is 14.2. The van der Waals surface area contributed by atoms with Crippen molar-refractivity contribution in [3.05, 3.63) is 231 Å². The summed E-state index contributed by atoms with van der Waals surface area (Å²) >= 11 is 0. The molecule has 3 aliphatic heterocycles. The first-order valence-corrected chi connectivity index (χ1v) is 26.2. The summed E-state index contributed by atoms with van der Waals surface area (Å²) in [6, 6.07) is 21.2. The van der Waals surface area contributed by atoms with Crippen LogP contribution in [0.5, 0.6) is 0 Å². The highest BCUT2D eigenvalue weighted by atomic mass is 19.1. The minimum atomic E-state index is -0.880. The predicted molar refractivity (Wildman–Crippen MR) is 296 cm³/mol. The molecule has 27 heteroatoms. The molecule has 3 N–H and O–H groups in total. The summed E-state index contributed by atoms with van der Waals surface area (Å²) in [7, 11) is 8.38. The highest BCUT2D eigenvalue weighted by Crippen LogP contribution is 2.47. The van der Waals surface area contributed by atoms with Crippen LogP contribution in [0.2, 0.25) is 0 Å². The predicted octanol–water partition coefficient (Wildman–Crippen LogP) is 9.04. The summed E-state index contributed by atoms with van der Waals surface area (Å²) in [5.41, 5.74) is 1.79. The molecule has 3 aliphatic rings. The van der Waals surface area contributed by atoms with Gasteiger partial charge in [-0.15, -0.1) is 0 Å². The number of rotatable bonds is 9. The molecule has 0 saturated heterocycles. The lowest BCUT2D eigenvalue weighted by Crippen LogP contribution is -2.35. The molecule has 0 amide bonds. The number of ether oxygens (including phenoxy) is 3. The van der Waals surface area contributed by atoms with Crippen LogP contribution in [-0.2, 0) is 35.4 Å². The summed E-state index contributed by atoms with van der Waals surface area (Å²) in [5.74, 6) is -8.75. The third-order valence-corrected chi connectivity index (χ3v) is 14.8. The van der Waals surface area contributed by atoms with Crippen LogP contribution < -0.4 is 16.0 Å². The first-order chi connectivity index (χ1) is 41.7. The number of Topliss-reactive ketones (excluding diaryl/α,β-unsaturated/α-hetero) is 3. The van der Waals surface area contributed by atoms with E-state index in [1.54, 1.807) is 21.1 Å².